The van der Waals surface area contributed by atoms with Crippen molar-refractivity contribution in [3.8, 4) is 0 Å². The van der Waals surface area contributed by atoms with Crippen LogP contribution in [0, 0.1) is 6.92 Å². The lowest BCUT2D eigenvalue weighted by Gasteiger charge is -2.15. The molecule has 2 amide bonds. The van der Waals surface area contributed by atoms with Gasteiger partial charge in [0.15, 0.2) is 4.80 Å². The zero-order chi connectivity index (χ0) is 21.1. The molecule has 2 heterocycles. The highest BCUT2D eigenvalue weighted by molar-refractivity contribution is 7.07. The molecule has 7 heteroatoms. The minimum atomic E-state index is -0.359. The normalized spacial score (nSPS) is 14.3. The third-order valence-corrected chi connectivity index (χ3v) is 6.54. The molecule has 0 bridgehead atoms. The van der Waals surface area contributed by atoms with Gasteiger partial charge in [0, 0.05) is 29.7 Å². The summed E-state index contributed by atoms with van der Waals surface area (Å²) in [5.41, 5.74) is 3.16. The summed E-state index contributed by atoms with van der Waals surface area (Å²) in [4.78, 5) is 31.9. The molecule has 154 valence electrons. The molecule has 0 N–H and O–H groups in total. The molecule has 1 aliphatic heterocycles. The topological polar surface area (TPSA) is 54.7 Å². The summed E-state index contributed by atoms with van der Waals surface area (Å²) in [6, 6.07) is 14.6. The van der Waals surface area contributed by atoms with Crippen LogP contribution in [0.2, 0.25) is 5.02 Å². The molecular weight excluding hydrogens is 418 g/mol. The fourth-order valence-electron chi connectivity index (χ4n) is 3.51. The average molecular weight is 440 g/mol. The number of aryl methyl sites for hydroxylation is 1. The van der Waals surface area contributed by atoms with E-state index < -0.39 is 0 Å². The predicted molar refractivity (Wildman–Crippen MR) is 119 cm³/mol. The molecule has 0 radical (unpaired) electrons. The Morgan fingerprint density at radius 3 is 2.47 bits per heavy atom. The van der Waals surface area contributed by atoms with Gasteiger partial charge in [-0.3, -0.25) is 9.59 Å². The molecule has 4 rings (SSSR count). The summed E-state index contributed by atoms with van der Waals surface area (Å²) >= 11 is 7.55. The summed E-state index contributed by atoms with van der Waals surface area (Å²) in [7, 11) is 0. The number of carbonyl (C=O) groups excluding carboxylic acids is 2. The first-order chi connectivity index (χ1) is 14.5. The Bertz CT molecular complexity index is 1140. The van der Waals surface area contributed by atoms with Crippen LogP contribution in [0.1, 0.15) is 44.8 Å². The van der Waals surface area contributed by atoms with Crippen LogP contribution in [-0.4, -0.2) is 34.4 Å². The molecule has 1 fully saturated rings. The van der Waals surface area contributed by atoms with Gasteiger partial charge in [0.2, 0.25) is 0 Å². The summed E-state index contributed by atoms with van der Waals surface area (Å²) < 4.78 is 2.00. The quantitative estimate of drug-likeness (QED) is 0.599. The summed E-state index contributed by atoms with van der Waals surface area (Å²) in [6.07, 6.45) is 2.16. The Kier molecular flexibility index (Phi) is 6.16. The molecule has 0 saturated carbocycles. The van der Waals surface area contributed by atoms with Gasteiger partial charge in [-0.25, -0.2) is 0 Å². The molecule has 30 heavy (non-hydrogen) atoms. The second-order valence-electron chi connectivity index (χ2n) is 7.34. The maximum atomic E-state index is 12.6. The van der Waals surface area contributed by atoms with Crippen molar-refractivity contribution in [2.45, 2.75) is 26.3 Å². The van der Waals surface area contributed by atoms with Crippen LogP contribution in [0.5, 0.6) is 0 Å². The van der Waals surface area contributed by atoms with Gasteiger partial charge >= 0.3 is 0 Å². The van der Waals surface area contributed by atoms with Crippen LogP contribution in [0.15, 0.2) is 58.9 Å². The number of hydrogen-bond acceptors (Lipinski definition) is 3. The van der Waals surface area contributed by atoms with Gasteiger partial charge in [0.1, 0.15) is 0 Å². The first-order valence-corrected chi connectivity index (χ1v) is 11.2. The number of carbonyl (C=O) groups is 2. The Balaban J connectivity index is 1.56. The molecule has 1 aromatic heterocycles. The van der Waals surface area contributed by atoms with Crippen LogP contribution in [0.4, 0.5) is 0 Å². The highest BCUT2D eigenvalue weighted by Crippen LogP contribution is 2.17. The number of thiazole rings is 1. The molecule has 3 aromatic rings. The fraction of sp³-hybridized carbons (Fsp3) is 0.261. The Morgan fingerprint density at radius 1 is 1.07 bits per heavy atom. The number of aromatic nitrogens is 1. The third-order valence-electron chi connectivity index (χ3n) is 5.23. The molecule has 0 unspecified atom stereocenters. The SMILES string of the molecule is Cc1csc(=NC(=O)c2ccccc2Cl)n1Cc1ccc(C(=O)N2CCCC2)cc1. The summed E-state index contributed by atoms with van der Waals surface area (Å²) in [5.74, 6) is -0.262. The predicted octanol–water partition coefficient (Wildman–Crippen LogP) is 4.54. The molecule has 5 nitrogen and oxygen atoms in total. The zero-order valence-corrected chi connectivity index (χ0v) is 18.2. The van der Waals surface area contributed by atoms with E-state index in [2.05, 4.69) is 4.99 Å². The maximum absolute atomic E-state index is 12.6. The number of halogens is 1. The number of hydrogen-bond donors (Lipinski definition) is 0. The second-order valence-corrected chi connectivity index (χ2v) is 8.58. The largest absolute Gasteiger partial charge is 0.339 e. The molecule has 0 aliphatic carbocycles. The van der Waals surface area contributed by atoms with E-state index in [1.807, 2.05) is 46.0 Å². The van der Waals surface area contributed by atoms with Crippen LogP contribution in [0.25, 0.3) is 0 Å². The molecular formula is C23H22ClN3O2S. The highest BCUT2D eigenvalue weighted by Gasteiger charge is 2.19. The van der Waals surface area contributed by atoms with Crippen molar-refractivity contribution >= 4 is 34.8 Å². The van der Waals surface area contributed by atoms with E-state index in [1.165, 1.54) is 11.3 Å². The number of nitrogens with zero attached hydrogens (tertiary/aromatic N) is 3. The van der Waals surface area contributed by atoms with Crippen molar-refractivity contribution < 1.29 is 9.59 Å². The van der Waals surface area contributed by atoms with Gasteiger partial charge in [0.05, 0.1) is 17.1 Å². The van der Waals surface area contributed by atoms with Gasteiger partial charge in [-0.1, -0.05) is 35.9 Å². The molecule has 2 aromatic carbocycles. The summed E-state index contributed by atoms with van der Waals surface area (Å²) in [5, 5.41) is 2.37. The van der Waals surface area contributed by atoms with Crippen molar-refractivity contribution in [2.24, 2.45) is 4.99 Å². The standard InChI is InChI=1S/C23H22ClN3O2S/c1-16-15-30-23(25-21(28)19-6-2-3-7-20(19)24)27(16)14-17-8-10-18(11-9-17)22(29)26-12-4-5-13-26/h2-3,6-11,15H,4-5,12-14H2,1H3. The molecule has 0 atom stereocenters. The van der Waals surface area contributed by atoms with E-state index >= 15 is 0 Å². The van der Waals surface area contributed by atoms with E-state index in [-0.39, 0.29) is 11.8 Å². The maximum Gasteiger partial charge on any atom is 0.281 e. The van der Waals surface area contributed by atoms with Crippen molar-refractivity contribution in [3.05, 3.63) is 86.1 Å². The highest BCUT2D eigenvalue weighted by atomic mass is 35.5. The Hall–Kier alpha value is -2.70. The molecule has 1 saturated heterocycles. The van der Waals surface area contributed by atoms with Crippen molar-refractivity contribution in [3.63, 3.8) is 0 Å². The van der Waals surface area contributed by atoms with E-state index in [9.17, 15) is 9.59 Å². The minimum Gasteiger partial charge on any atom is -0.339 e. The van der Waals surface area contributed by atoms with Crippen LogP contribution < -0.4 is 4.80 Å². The molecule has 1 aliphatic rings. The average Bonchev–Trinajstić information content (AvgIpc) is 3.40. The Labute approximate surface area is 184 Å². The summed E-state index contributed by atoms with van der Waals surface area (Å²) in [6.45, 7) is 4.24. The van der Waals surface area contributed by atoms with Crippen LogP contribution in [-0.2, 0) is 6.54 Å². The van der Waals surface area contributed by atoms with Crippen molar-refractivity contribution in [1.29, 1.82) is 0 Å². The van der Waals surface area contributed by atoms with E-state index in [0.717, 1.165) is 37.2 Å². The van der Waals surface area contributed by atoms with Gasteiger partial charge in [-0.05, 0) is 49.6 Å². The third kappa shape index (κ3) is 4.40. The lowest BCUT2D eigenvalue weighted by molar-refractivity contribution is 0.0792. The van der Waals surface area contributed by atoms with Gasteiger partial charge < -0.3 is 9.47 Å². The van der Waals surface area contributed by atoms with E-state index in [1.54, 1.807) is 24.3 Å². The smallest absolute Gasteiger partial charge is 0.281 e. The van der Waals surface area contributed by atoms with Crippen molar-refractivity contribution in [2.75, 3.05) is 13.1 Å². The molecule has 0 spiro atoms. The van der Waals surface area contributed by atoms with Gasteiger partial charge in [-0.2, -0.15) is 4.99 Å². The van der Waals surface area contributed by atoms with Crippen molar-refractivity contribution in [1.82, 2.24) is 9.47 Å². The lowest BCUT2D eigenvalue weighted by atomic mass is 10.1. The minimum absolute atomic E-state index is 0.0967. The number of likely N-dealkylation sites (tertiary alicyclic amines) is 1. The van der Waals surface area contributed by atoms with Gasteiger partial charge in [-0.15, -0.1) is 11.3 Å². The first kappa shape index (κ1) is 20.6. The van der Waals surface area contributed by atoms with Crippen LogP contribution in [0.3, 0.4) is 0 Å². The number of rotatable bonds is 4. The number of benzene rings is 2. The Morgan fingerprint density at radius 2 is 1.77 bits per heavy atom. The van der Waals surface area contributed by atoms with Gasteiger partial charge in [0.25, 0.3) is 11.8 Å². The fourth-order valence-corrected chi connectivity index (χ4v) is 4.61. The van der Waals surface area contributed by atoms with E-state index in [4.69, 9.17) is 11.6 Å². The van der Waals surface area contributed by atoms with E-state index in [0.29, 0.717) is 27.5 Å². The monoisotopic (exact) mass is 439 g/mol. The lowest BCUT2D eigenvalue weighted by Crippen LogP contribution is -2.27. The van der Waals surface area contributed by atoms with Crippen LogP contribution >= 0.6 is 22.9 Å². The first-order valence-electron chi connectivity index (χ1n) is 9.89. The number of amides is 2. The second kappa shape index (κ2) is 8.98. The zero-order valence-electron chi connectivity index (χ0n) is 16.7.